The van der Waals surface area contributed by atoms with E-state index in [9.17, 15) is 9.18 Å². The van der Waals surface area contributed by atoms with Crippen molar-refractivity contribution in [3.8, 4) is 0 Å². The topological polar surface area (TPSA) is 50.8 Å². The van der Waals surface area contributed by atoms with Crippen LogP contribution in [0.15, 0.2) is 0 Å². The zero-order valence-electron chi connectivity index (χ0n) is 13.2. The van der Waals surface area contributed by atoms with E-state index in [1.54, 1.807) is 0 Å². The monoisotopic (exact) mass is 302 g/mol. The lowest BCUT2D eigenvalue weighted by atomic mass is 9.99. The summed E-state index contributed by atoms with van der Waals surface area (Å²) in [5.41, 5.74) is -0.478. The van der Waals surface area contributed by atoms with Crippen molar-refractivity contribution in [3.05, 3.63) is 0 Å². The molecule has 2 atom stereocenters. The van der Waals surface area contributed by atoms with Crippen LogP contribution in [0.25, 0.3) is 0 Å². The Balaban J connectivity index is 1.74. The van der Waals surface area contributed by atoms with Crippen molar-refractivity contribution in [2.24, 2.45) is 0 Å². The van der Waals surface area contributed by atoms with Crippen LogP contribution in [0.3, 0.4) is 0 Å². The molecule has 21 heavy (non-hydrogen) atoms. The van der Waals surface area contributed by atoms with Gasteiger partial charge >= 0.3 is 6.09 Å². The van der Waals surface area contributed by atoms with Crippen LogP contribution < -0.4 is 5.32 Å². The Morgan fingerprint density at radius 2 is 1.95 bits per heavy atom. The Morgan fingerprint density at radius 3 is 2.52 bits per heavy atom. The molecular formula is C15H27FN2O3. The van der Waals surface area contributed by atoms with Gasteiger partial charge in [-0.05, 0) is 40.0 Å². The molecule has 0 aromatic heterocycles. The number of nitrogens with one attached hydrogen (secondary N) is 1. The standard InChI is InChI=1S/C15H27FN2O3/c1-15(2,3)21-14(19)17-11-4-7-18(8-5-11)13-6-9-20-10-12(13)16/h11-13H,4-10H2,1-3H3,(H,17,19)/t12-,13+/m0/s1. The number of carbonyl (C=O) groups excluding carboxylic acids is 1. The zero-order chi connectivity index (χ0) is 15.5. The van der Waals surface area contributed by atoms with Crippen LogP contribution in [0, 0.1) is 0 Å². The smallest absolute Gasteiger partial charge is 0.407 e. The predicted molar refractivity (Wildman–Crippen MR) is 78.1 cm³/mol. The summed E-state index contributed by atoms with van der Waals surface area (Å²) >= 11 is 0. The SMILES string of the molecule is CC(C)(C)OC(=O)NC1CCN([C@@H]2CCOC[C@@H]2F)CC1. The van der Waals surface area contributed by atoms with Crippen molar-refractivity contribution < 1.29 is 18.7 Å². The maximum atomic E-state index is 13.9. The van der Waals surface area contributed by atoms with Gasteiger partial charge < -0.3 is 14.8 Å². The van der Waals surface area contributed by atoms with Gasteiger partial charge in [0.1, 0.15) is 11.8 Å². The number of alkyl carbamates (subject to hydrolysis) is 1. The van der Waals surface area contributed by atoms with Gasteiger partial charge in [0.15, 0.2) is 0 Å². The van der Waals surface area contributed by atoms with Crippen LogP contribution >= 0.6 is 0 Å². The number of hydrogen-bond donors (Lipinski definition) is 1. The first-order chi connectivity index (χ1) is 9.85. The van der Waals surface area contributed by atoms with Crippen LogP contribution in [0.4, 0.5) is 9.18 Å². The quantitative estimate of drug-likeness (QED) is 0.849. The molecule has 2 heterocycles. The van der Waals surface area contributed by atoms with Crippen molar-refractivity contribution in [2.75, 3.05) is 26.3 Å². The molecule has 0 unspecified atom stereocenters. The molecule has 0 saturated carbocycles. The van der Waals surface area contributed by atoms with E-state index in [0.29, 0.717) is 6.61 Å². The summed E-state index contributed by atoms with van der Waals surface area (Å²) < 4.78 is 24.3. The second-order valence-electron chi connectivity index (χ2n) is 6.90. The van der Waals surface area contributed by atoms with E-state index in [4.69, 9.17) is 9.47 Å². The van der Waals surface area contributed by atoms with Crippen LogP contribution in [0.5, 0.6) is 0 Å². The minimum absolute atomic E-state index is 0.0266. The van der Waals surface area contributed by atoms with E-state index in [0.717, 1.165) is 32.4 Å². The Bertz CT molecular complexity index is 351. The molecule has 2 aliphatic heterocycles. The lowest BCUT2D eigenvalue weighted by molar-refractivity contribution is -0.0348. The first kappa shape index (κ1) is 16.5. The molecule has 1 amide bonds. The number of rotatable bonds is 2. The van der Waals surface area contributed by atoms with Gasteiger partial charge in [-0.25, -0.2) is 9.18 Å². The van der Waals surface area contributed by atoms with Gasteiger partial charge in [-0.1, -0.05) is 0 Å². The Labute approximate surface area is 126 Å². The third kappa shape index (κ3) is 5.11. The molecule has 2 fully saturated rings. The zero-order valence-corrected chi connectivity index (χ0v) is 13.2. The average molecular weight is 302 g/mol. The second kappa shape index (κ2) is 6.92. The molecule has 0 aromatic rings. The van der Waals surface area contributed by atoms with Gasteiger partial charge in [-0.15, -0.1) is 0 Å². The molecule has 122 valence electrons. The number of alkyl halides is 1. The number of piperidine rings is 1. The van der Waals surface area contributed by atoms with Crippen molar-refractivity contribution in [1.82, 2.24) is 10.2 Å². The van der Waals surface area contributed by atoms with Crippen molar-refractivity contribution in [3.63, 3.8) is 0 Å². The van der Waals surface area contributed by atoms with Crippen LogP contribution in [0.1, 0.15) is 40.0 Å². The maximum Gasteiger partial charge on any atom is 0.407 e. The van der Waals surface area contributed by atoms with Gasteiger partial charge in [0, 0.05) is 31.8 Å². The molecule has 0 bridgehead atoms. The summed E-state index contributed by atoms with van der Waals surface area (Å²) in [5.74, 6) is 0. The van der Waals surface area contributed by atoms with Gasteiger partial charge in [-0.3, -0.25) is 4.90 Å². The number of ether oxygens (including phenoxy) is 2. The number of halogens is 1. The molecule has 0 radical (unpaired) electrons. The van der Waals surface area contributed by atoms with Gasteiger partial charge in [0.05, 0.1) is 6.61 Å². The fourth-order valence-corrected chi connectivity index (χ4v) is 2.95. The van der Waals surface area contributed by atoms with Crippen molar-refractivity contribution >= 4 is 6.09 Å². The van der Waals surface area contributed by atoms with Gasteiger partial charge in [0.2, 0.25) is 0 Å². The van der Waals surface area contributed by atoms with E-state index in [1.165, 1.54) is 0 Å². The molecule has 5 nitrogen and oxygen atoms in total. The Morgan fingerprint density at radius 1 is 1.29 bits per heavy atom. The van der Waals surface area contributed by atoms with Crippen LogP contribution in [-0.4, -0.2) is 61.2 Å². The third-order valence-electron chi connectivity index (χ3n) is 3.97. The van der Waals surface area contributed by atoms with E-state index < -0.39 is 11.8 Å². The highest BCUT2D eigenvalue weighted by Gasteiger charge is 2.33. The number of carbonyl (C=O) groups is 1. The second-order valence-corrected chi connectivity index (χ2v) is 6.90. The molecule has 1 N–H and O–H groups in total. The summed E-state index contributed by atoms with van der Waals surface area (Å²) in [6.45, 7) is 8.02. The first-order valence-corrected chi connectivity index (χ1v) is 7.80. The highest BCUT2D eigenvalue weighted by atomic mass is 19.1. The Hall–Kier alpha value is -0.880. The minimum Gasteiger partial charge on any atom is -0.444 e. The van der Waals surface area contributed by atoms with E-state index in [1.807, 2.05) is 20.8 Å². The minimum atomic E-state index is -0.894. The molecule has 0 aromatic carbocycles. The van der Waals surface area contributed by atoms with E-state index >= 15 is 0 Å². The van der Waals surface area contributed by atoms with E-state index in [2.05, 4.69) is 10.2 Å². The van der Waals surface area contributed by atoms with Crippen LogP contribution in [-0.2, 0) is 9.47 Å². The first-order valence-electron chi connectivity index (χ1n) is 7.80. The number of nitrogens with zero attached hydrogens (tertiary/aromatic N) is 1. The summed E-state index contributed by atoms with van der Waals surface area (Å²) in [5, 5.41) is 2.90. The molecule has 2 rings (SSSR count). The molecular weight excluding hydrogens is 275 g/mol. The van der Waals surface area contributed by atoms with Gasteiger partial charge in [-0.2, -0.15) is 0 Å². The van der Waals surface area contributed by atoms with Gasteiger partial charge in [0.25, 0.3) is 0 Å². The maximum absolute atomic E-state index is 13.9. The van der Waals surface area contributed by atoms with E-state index in [-0.39, 0.29) is 24.8 Å². The average Bonchev–Trinajstić information content (AvgIpc) is 2.38. The fourth-order valence-electron chi connectivity index (χ4n) is 2.95. The number of amides is 1. The number of likely N-dealkylation sites (tertiary alicyclic amines) is 1. The molecule has 2 saturated heterocycles. The predicted octanol–water partition coefficient (Wildman–Crippen LogP) is 2.10. The molecule has 0 spiro atoms. The van der Waals surface area contributed by atoms with Crippen molar-refractivity contribution in [2.45, 2.75) is 63.9 Å². The molecule has 0 aliphatic carbocycles. The largest absolute Gasteiger partial charge is 0.444 e. The summed E-state index contributed by atoms with van der Waals surface area (Å²) in [6.07, 6.45) is 1.17. The molecule has 6 heteroatoms. The lowest BCUT2D eigenvalue weighted by Gasteiger charge is -2.40. The third-order valence-corrected chi connectivity index (χ3v) is 3.97. The summed E-state index contributed by atoms with van der Waals surface area (Å²) in [4.78, 5) is 13.9. The summed E-state index contributed by atoms with van der Waals surface area (Å²) in [7, 11) is 0. The normalized spacial score (nSPS) is 29.1. The highest BCUT2D eigenvalue weighted by Crippen LogP contribution is 2.22. The summed E-state index contributed by atoms with van der Waals surface area (Å²) in [6, 6.07) is 0.0928. The highest BCUT2D eigenvalue weighted by molar-refractivity contribution is 5.68. The van der Waals surface area contributed by atoms with Crippen LogP contribution in [0.2, 0.25) is 0 Å². The fraction of sp³-hybridized carbons (Fsp3) is 0.933. The Kier molecular flexibility index (Phi) is 5.43. The van der Waals surface area contributed by atoms with Crippen molar-refractivity contribution in [1.29, 1.82) is 0 Å². The molecule has 2 aliphatic rings. The lowest BCUT2D eigenvalue weighted by Crippen LogP contribution is -2.53. The number of hydrogen-bond acceptors (Lipinski definition) is 4.